The number of carbonyl (C=O) groups is 2. The van der Waals surface area contributed by atoms with E-state index in [9.17, 15) is 14.0 Å². The minimum absolute atomic E-state index is 0.0945. The molecule has 0 bridgehead atoms. The second-order valence-corrected chi connectivity index (χ2v) is 8.39. The van der Waals surface area contributed by atoms with E-state index in [-0.39, 0.29) is 29.8 Å². The van der Waals surface area contributed by atoms with E-state index in [4.69, 9.17) is 14.4 Å². The highest BCUT2D eigenvalue weighted by molar-refractivity contribution is 5.99. The fourth-order valence-corrected chi connectivity index (χ4v) is 3.42. The number of nitrogens with one attached hydrogen (secondary N) is 1. The molecule has 1 aromatic heterocycles. The Balaban J connectivity index is 1.45. The second-order valence-electron chi connectivity index (χ2n) is 8.39. The topological polar surface area (TPSA) is 115 Å². The molecule has 0 spiro atoms. The molecular weight excluding hydrogens is 441 g/mol. The number of aromatic nitrogens is 2. The van der Waals surface area contributed by atoms with Gasteiger partial charge in [-0.3, -0.25) is 9.59 Å². The van der Waals surface area contributed by atoms with Gasteiger partial charge in [-0.25, -0.2) is 4.39 Å². The van der Waals surface area contributed by atoms with Crippen LogP contribution in [0.2, 0.25) is 0 Å². The average Bonchev–Trinajstić information content (AvgIpc) is 3.58. The maximum Gasteiger partial charge on any atom is 0.258 e. The normalized spacial score (nSPS) is 14.9. The average molecular weight is 467 g/mol. The van der Waals surface area contributed by atoms with Gasteiger partial charge in [0.25, 0.3) is 11.8 Å². The third kappa shape index (κ3) is 5.31. The third-order valence-electron chi connectivity index (χ3n) is 5.58. The van der Waals surface area contributed by atoms with E-state index in [1.54, 1.807) is 31.2 Å². The first kappa shape index (κ1) is 23.6. The zero-order valence-electron chi connectivity index (χ0n) is 19.0. The summed E-state index contributed by atoms with van der Waals surface area (Å²) in [7, 11) is 0. The number of carbonyl (C=O) groups excluding carboxylic acids is 2. The highest BCUT2D eigenvalue weighted by Crippen LogP contribution is 2.33. The summed E-state index contributed by atoms with van der Waals surface area (Å²) in [5.41, 5.74) is 0.845. The van der Waals surface area contributed by atoms with Crippen molar-refractivity contribution in [1.29, 1.82) is 0 Å². The summed E-state index contributed by atoms with van der Waals surface area (Å²) in [6.45, 7) is 3.27. The Kier molecular flexibility index (Phi) is 7.02. The molecule has 2 atom stereocenters. The Morgan fingerprint density at radius 1 is 1.24 bits per heavy atom. The Labute approximate surface area is 196 Å². The van der Waals surface area contributed by atoms with Crippen molar-refractivity contribution in [1.82, 2.24) is 15.5 Å². The third-order valence-corrected chi connectivity index (χ3v) is 5.58. The molecule has 1 saturated carbocycles. The van der Waals surface area contributed by atoms with E-state index in [0.29, 0.717) is 29.1 Å². The lowest BCUT2D eigenvalue weighted by molar-refractivity contribution is 0.0917. The van der Waals surface area contributed by atoms with E-state index in [0.717, 1.165) is 18.9 Å². The van der Waals surface area contributed by atoms with Gasteiger partial charge in [0, 0.05) is 23.1 Å². The molecule has 0 saturated heterocycles. The maximum atomic E-state index is 14.5. The van der Waals surface area contributed by atoms with Crippen LogP contribution in [0.4, 0.5) is 4.39 Å². The SMILES string of the molecule is CCC(Oc1ccc(C(=O)C2CC2)cc1)c1noc(-c2ccc(C(=O)NC(C)CO)c(F)c2)n1. The predicted molar refractivity (Wildman–Crippen MR) is 121 cm³/mol. The monoisotopic (exact) mass is 467 g/mol. The minimum Gasteiger partial charge on any atom is -0.482 e. The molecule has 2 unspecified atom stereocenters. The number of aliphatic hydroxyl groups is 1. The number of aliphatic hydroxyl groups excluding tert-OH is 1. The molecule has 2 aromatic carbocycles. The van der Waals surface area contributed by atoms with E-state index < -0.39 is 23.9 Å². The molecule has 4 rings (SSSR count). The number of benzene rings is 2. The Morgan fingerprint density at radius 3 is 2.59 bits per heavy atom. The van der Waals surface area contributed by atoms with Crippen LogP contribution in [-0.2, 0) is 0 Å². The van der Waals surface area contributed by atoms with Gasteiger partial charge in [0.1, 0.15) is 11.6 Å². The number of ether oxygens (including phenoxy) is 1. The predicted octanol–water partition coefficient (Wildman–Crippen LogP) is 4.11. The van der Waals surface area contributed by atoms with Crippen molar-refractivity contribution >= 4 is 11.7 Å². The van der Waals surface area contributed by atoms with E-state index in [1.807, 2.05) is 6.92 Å². The molecule has 1 amide bonds. The molecule has 1 heterocycles. The molecule has 2 N–H and O–H groups in total. The lowest BCUT2D eigenvalue weighted by Gasteiger charge is -2.14. The summed E-state index contributed by atoms with van der Waals surface area (Å²) in [5, 5.41) is 15.5. The molecule has 1 aliphatic rings. The Bertz CT molecular complexity index is 1170. The first-order valence-corrected chi connectivity index (χ1v) is 11.3. The van der Waals surface area contributed by atoms with E-state index >= 15 is 0 Å². The lowest BCUT2D eigenvalue weighted by atomic mass is 10.1. The van der Waals surface area contributed by atoms with E-state index in [2.05, 4.69) is 15.5 Å². The molecule has 34 heavy (non-hydrogen) atoms. The fraction of sp³-hybridized carbons (Fsp3) is 0.360. The summed E-state index contributed by atoms with van der Waals surface area (Å²) < 4.78 is 25.8. The highest BCUT2D eigenvalue weighted by atomic mass is 19.1. The number of ketones is 1. The summed E-state index contributed by atoms with van der Waals surface area (Å²) >= 11 is 0. The first-order chi connectivity index (χ1) is 16.4. The summed E-state index contributed by atoms with van der Waals surface area (Å²) in [4.78, 5) is 28.6. The lowest BCUT2D eigenvalue weighted by Crippen LogP contribution is -2.35. The van der Waals surface area contributed by atoms with Crippen molar-refractivity contribution in [3.8, 4) is 17.2 Å². The number of hydrogen-bond donors (Lipinski definition) is 2. The van der Waals surface area contributed by atoms with Gasteiger partial charge in [-0.1, -0.05) is 12.1 Å². The van der Waals surface area contributed by atoms with Crippen LogP contribution in [-0.4, -0.2) is 39.6 Å². The van der Waals surface area contributed by atoms with Crippen LogP contribution in [0.5, 0.6) is 5.75 Å². The van der Waals surface area contributed by atoms with Gasteiger partial charge in [-0.15, -0.1) is 0 Å². The van der Waals surface area contributed by atoms with Crippen molar-refractivity contribution in [2.24, 2.45) is 5.92 Å². The molecule has 0 radical (unpaired) electrons. The van der Waals surface area contributed by atoms with Gasteiger partial charge in [-0.2, -0.15) is 4.98 Å². The largest absolute Gasteiger partial charge is 0.482 e. The van der Waals surface area contributed by atoms with E-state index in [1.165, 1.54) is 12.1 Å². The van der Waals surface area contributed by atoms with Crippen molar-refractivity contribution in [3.63, 3.8) is 0 Å². The number of Topliss-reactive ketones (excluding diaryl/α,β-unsaturated/α-hetero) is 1. The summed E-state index contributed by atoms with van der Waals surface area (Å²) in [6.07, 6.45) is 1.96. The molecule has 1 aliphatic carbocycles. The number of rotatable bonds is 10. The van der Waals surface area contributed by atoms with Gasteiger partial charge in [0.15, 0.2) is 11.9 Å². The molecule has 8 nitrogen and oxygen atoms in total. The first-order valence-electron chi connectivity index (χ1n) is 11.3. The molecule has 0 aliphatic heterocycles. The van der Waals surface area contributed by atoms with Crippen LogP contribution >= 0.6 is 0 Å². The van der Waals surface area contributed by atoms with Crippen molar-refractivity contribution in [2.75, 3.05) is 6.61 Å². The standard InChI is InChI=1S/C25H26FN3O5/c1-3-21(33-18-9-6-16(7-10-18)22(31)15-4-5-15)23-28-25(34-29-23)17-8-11-19(20(26)12-17)24(32)27-14(2)13-30/h6-12,14-15,21,30H,3-5,13H2,1-2H3,(H,27,32). The molecule has 9 heteroatoms. The Hall–Kier alpha value is -3.59. The summed E-state index contributed by atoms with van der Waals surface area (Å²) in [6, 6.07) is 10.5. The van der Waals surface area contributed by atoms with Crippen LogP contribution in [0.3, 0.4) is 0 Å². The molecular formula is C25H26FN3O5. The molecule has 3 aromatic rings. The number of nitrogens with zero attached hydrogens (tertiary/aromatic N) is 2. The number of halogens is 1. The van der Waals surface area contributed by atoms with Crippen LogP contribution < -0.4 is 10.1 Å². The number of hydrogen-bond acceptors (Lipinski definition) is 7. The van der Waals surface area contributed by atoms with Gasteiger partial charge in [0.2, 0.25) is 5.82 Å². The van der Waals surface area contributed by atoms with Crippen molar-refractivity contribution in [2.45, 2.75) is 45.3 Å². The number of amides is 1. The zero-order chi connectivity index (χ0) is 24.2. The van der Waals surface area contributed by atoms with Gasteiger partial charge in [0.05, 0.1) is 12.2 Å². The fourth-order valence-electron chi connectivity index (χ4n) is 3.42. The zero-order valence-corrected chi connectivity index (χ0v) is 19.0. The molecule has 178 valence electrons. The van der Waals surface area contributed by atoms with Gasteiger partial charge in [-0.05, 0) is 68.7 Å². The second kappa shape index (κ2) is 10.1. The van der Waals surface area contributed by atoms with Crippen LogP contribution in [0, 0.1) is 11.7 Å². The molecule has 1 fully saturated rings. The van der Waals surface area contributed by atoms with Crippen molar-refractivity contribution < 1.29 is 28.3 Å². The smallest absolute Gasteiger partial charge is 0.258 e. The van der Waals surface area contributed by atoms with Gasteiger partial charge >= 0.3 is 0 Å². The van der Waals surface area contributed by atoms with Crippen LogP contribution in [0.15, 0.2) is 47.0 Å². The van der Waals surface area contributed by atoms with Crippen LogP contribution in [0.1, 0.15) is 65.8 Å². The summed E-state index contributed by atoms with van der Waals surface area (Å²) in [5.74, 6) is -0.0776. The highest BCUT2D eigenvalue weighted by Gasteiger charge is 2.30. The Morgan fingerprint density at radius 2 is 1.97 bits per heavy atom. The van der Waals surface area contributed by atoms with Crippen molar-refractivity contribution in [3.05, 3.63) is 65.2 Å². The maximum absolute atomic E-state index is 14.5. The van der Waals surface area contributed by atoms with Gasteiger partial charge < -0.3 is 19.7 Å². The minimum atomic E-state index is -0.746. The quantitative estimate of drug-likeness (QED) is 0.431. The van der Waals surface area contributed by atoms with Crippen LogP contribution in [0.25, 0.3) is 11.5 Å².